The van der Waals surface area contributed by atoms with E-state index in [0.717, 1.165) is 60.1 Å². The highest BCUT2D eigenvalue weighted by Crippen LogP contribution is 2.48. The van der Waals surface area contributed by atoms with E-state index in [4.69, 9.17) is 9.47 Å². The number of aromatic nitrogens is 1. The number of ketones is 1. The highest BCUT2D eigenvalue weighted by atomic mass is 16.5. The second-order valence-electron chi connectivity index (χ2n) is 9.31. The van der Waals surface area contributed by atoms with Crippen molar-refractivity contribution < 1.29 is 14.3 Å². The van der Waals surface area contributed by atoms with E-state index in [1.54, 1.807) is 12.3 Å². The van der Waals surface area contributed by atoms with Crippen LogP contribution in [0.15, 0.2) is 23.1 Å². The summed E-state index contributed by atoms with van der Waals surface area (Å²) in [4.78, 5) is 24.7. The number of carbonyl (C=O) groups is 1. The minimum Gasteiger partial charge on any atom is -0.490 e. The number of carbonyl (C=O) groups excluding carboxylic acids is 1. The van der Waals surface area contributed by atoms with Crippen LogP contribution in [0.3, 0.4) is 0 Å². The van der Waals surface area contributed by atoms with Crippen molar-refractivity contribution in [3.8, 4) is 22.8 Å². The van der Waals surface area contributed by atoms with Crippen molar-refractivity contribution in [2.24, 2.45) is 11.8 Å². The molecule has 5 rings (SSSR count). The van der Waals surface area contributed by atoms with Gasteiger partial charge >= 0.3 is 0 Å². The first-order chi connectivity index (χ1) is 14.4. The molecule has 0 N–H and O–H groups in total. The number of ether oxygens (including phenoxy) is 2. The van der Waals surface area contributed by atoms with E-state index < -0.39 is 0 Å². The molecule has 2 aromatic rings. The molecule has 1 saturated carbocycles. The van der Waals surface area contributed by atoms with Gasteiger partial charge in [0.1, 0.15) is 0 Å². The average Bonchev–Trinajstić information content (AvgIpc) is 3.39. The van der Waals surface area contributed by atoms with E-state index in [0.29, 0.717) is 12.5 Å². The quantitative estimate of drug-likeness (QED) is 0.658. The number of hydrogen-bond acceptors (Lipinski definition) is 4. The fourth-order valence-corrected chi connectivity index (χ4v) is 4.90. The zero-order valence-electron chi connectivity index (χ0n) is 18.0. The average molecular weight is 408 g/mol. The first kappa shape index (κ1) is 19.4. The van der Waals surface area contributed by atoms with Gasteiger partial charge in [0, 0.05) is 35.9 Å². The Bertz CT molecular complexity index is 1080. The number of Topliss-reactive ketones (excluding diaryl/α,β-unsaturated/α-hetero) is 1. The van der Waals surface area contributed by atoms with Gasteiger partial charge < -0.3 is 14.0 Å². The molecule has 1 atom stereocenters. The number of nitrogens with zero attached hydrogens (tertiary/aromatic N) is 1. The summed E-state index contributed by atoms with van der Waals surface area (Å²) in [5.74, 6) is 2.69. The van der Waals surface area contributed by atoms with Crippen molar-refractivity contribution >= 4 is 5.78 Å². The molecule has 1 aliphatic carbocycles. The fourth-order valence-electron chi connectivity index (χ4n) is 4.90. The van der Waals surface area contributed by atoms with E-state index in [1.807, 2.05) is 0 Å². The van der Waals surface area contributed by atoms with Crippen molar-refractivity contribution in [3.05, 3.63) is 45.2 Å². The Balaban J connectivity index is 1.64. The lowest BCUT2D eigenvalue weighted by Crippen LogP contribution is -2.28. The predicted octanol–water partition coefficient (Wildman–Crippen LogP) is 4.58. The van der Waals surface area contributed by atoms with E-state index >= 15 is 0 Å². The molecule has 0 bridgehead atoms. The molecule has 0 saturated heterocycles. The molecule has 1 aromatic heterocycles. The summed E-state index contributed by atoms with van der Waals surface area (Å²) < 4.78 is 14.3. The molecule has 158 valence electrons. The van der Waals surface area contributed by atoms with Crippen LogP contribution in [-0.4, -0.2) is 23.6 Å². The monoisotopic (exact) mass is 407 g/mol. The molecule has 2 aliphatic heterocycles. The second kappa shape index (κ2) is 7.29. The first-order valence-electron chi connectivity index (χ1n) is 11.2. The smallest absolute Gasteiger partial charge is 0.192 e. The van der Waals surface area contributed by atoms with Gasteiger partial charge in [0.15, 0.2) is 22.7 Å². The van der Waals surface area contributed by atoms with Gasteiger partial charge in [-0.1, -0.05) is 26.7 Å². The number of fused-ring (bicyclic) bond motifs is 5. The molecular formula is C25H29NO4. The van der Waals surface area contributed by atoms with Crippen LogP contribution in [0.2, 0.25) is 0 Å². The van der Waals surface area contributed by atoms with Crippen molar-refractivity contribution in [1.29, 1.82) is 0 Å². The van der Waals surface area contributed by atoms with Crippen molar-refractivity contribution in [2.45, 2.75) is 58.9 Å². The Labute approximate surface area is 177 Å². The number of benzene rings is 1. The van der Waals surface area contributed by atoms with Crippen LogP contribution in [0.5, 0.6) is 11.5 Å². The molecule has 3 aliphatic rings. The summed E-state index contributed by atoms with van der Waals surface area (Å²) in [7, 11) is 0. The third kappa shape index (κ3) is 3.24. The minimum atomic E-state index is -0.207. The molecule has 0 unspecified atom stereocenters. The van der Waals surface area contributed by atoms with Gasteiger partial charge in [0.2, 0.25) is 0 Å². The molecule has 0 radical (unpaired) electrons. The first-order valence-corrected chi connectivity index (χ1v) is 11.2. The summed E-state index contributed by atoms with van der Waals surface area (Å²) in [6.45, 7) is 7.20. The van der Waals surface area contributed by atoms with E-state index in [2.05, 4.69) is 24.5 Å². The van der Waals surface area contributed by atoms with E-state index in [9.17, 15) is 9.59 Å². The van der Waals surface area contributed by atoms with Crippen molar-refractivity contribution in [3.63, 3.8) is 0 Å². The molecule has 0 amide bonds. The number of rotatable bonds is 6. The number of pyridine rings is 1. The third-order valence-corrected chi connectivity index (χ3v) is 6.78. The lowest BCUT2D eigenvalue weighted by Gasteiger charge is -2.34. The summed E-state index contributed by atoms with van der Waals surface area (Å²) in [6, 6.07) is 3.97. The Morgan fingerprint density at radius 1 is 1.30 bits per heavy atom. The van der Waals surface area contributed by atoms with Crippen LogP contribution in [0.1, 0.15) is 67.6 Å². The molecule has 0 spiro atoms. The summed E-state index contributed by atoms with van der Waals surface area (Å²) in [5.41, 5.74) is 4.41. The van der Waals surface area contributed by atoms with Crippen LogP contribution in [-0.2, 0) is 12.8 Å². The largest absolute Gasteiger partial charge is 0.490 e. The van der Waals surface area contributed by atoms with Crippen LogP contribution >= 0.6 is 0 Å². The topological polar surface area (TPSA) is 57.5 Å². The van der Waals surface area contributed by atoms with E-state index in [1.165, 1.54) is 25.3 Å². The van der Waals surface area contributed by atoms with Gasteiger partial charge in [-0.3, -0.25) is 9.59 Å². The van der Waals surface area contributed by atoms with Crippen molar-refractivity contribution in [1.82, 2.24) is 4.57 Å². The number of hydrogen-bond donors (Lipinski definition) is 0. The molecule has 1 aromatic carbocycles. The lowest BCUT2D eigenvalue weighted by atomic mass is 9.84. The summed E-state index contributed by atoms with van der Waals surface area (Å²) in [5, 5.41) is 0. The highest BCUT2D eigenvalue weighted by Gasteiger charge is 2.33. The zero-order chi connectivity index (χ0) is 21.0. The maximum atomic E-state index is 12.7. The van der Waals surface area contributed by atoms with Gasteiger partial charge in [0.05, 0.1) is 24.5 Å². The molecule has 5 nitrogen and oxygen atoms in total. The normalized spacial score (nSPS) is 19.1. The van der Waals surface area contributed by atoms with Gasteiger partial charge in [-0.25, -0.2) is 0 Å². The van der Waals surface area contributed by atoms with Crippen molar-refractivity contribution in [2.75, 3.05) is 13.2 Å². The standard InChI is InChI=1S/C25H29NO4/c1-14(2)20-10-17-11-23(29-8-6-16-4-5-16)25-18(7-9-30-25)24(17)21-12-22(28)19(15(3)27)13-26(20)21/h11-14,16,20H,4-10H2,1-3H3/t20-/m0/s1. The van der Waals surface area contributed by atoms with Crippen LogP contribution in [0, 0.1) is 11.8 Å². The van der Waals surface area contributed by atoms with E-state index in [-0.39, 0.29) is 22.8 Å². The third-order valence-electron chi connectivity index (χ3n) is 6.78. The Morgan fingerprint density at radius 2 is 2.10 bits per heavy atom. The fraction of sp³-hybridized carbons (Fsp3) is 0.520. The van der Waals surface area contributed by atoms with Gasteiger partial charge in [-0.05, 0) is 43.2 Å². The molecular weight excluding hydrogens is 378 g/mol. The molecule has 1 fully saturated rings. The van der Waals surface area contributed by atoms with Crippen LogP contribution in [0.25, 0.3) is 11.3 Å². The molecule has 30 heavy (non-hydrogen) atoms. The summed E-state index contributed by atoms with van der Waals surface area (Å²) >= 11 is 0. The van der Waals surface area contributed by atoms with Crippen LogP contribution in [0.4, 0.5) is 0 Å². The molecule has 5 heteroatoms. The molecule has 3 heterocycles. The lowest BCUT2D eigenvalue weighted by molar-refractivity contribution is 0.101. The van der Waals surface area contributed by atoms with Gasteiger partial charge in [0.25, 0.3) is 0 Å². The predicted molar refractivity (Wildman–Crippen MR) is 116 cm³/mol. The maximum absolute atomic E-state index is 12.7. The van der Waals surface area contributed by atoms with Gasteiger partial charge in [-0.2, -0.15) is 0 Å². The summed E-state index contributed by atoms with van der Waals surface area (Å²) in [6.07, 6.45) is 7.19. The second-order valence-corrected chi connectivity index (χ2v) is 9.31. The Hall–Kier alpha value is -2.56. The highest BCUT2D eigenvalue weighted by molar-refractivity contribution is 5.94. The zero-order valence-corrected chi connectivity index (χ0v) is 18.0. The Morgan fingerprint density at radius 3 is 2.80 bits per heavy atom. The maximum Gasteiger partial charge on any atom is 0.192 e. The minimum absolute atomic E-state index is 0.184. The SMILES string of the molecule is CC(=O)c1cn2c(cc1=O)-c1c(cc(OCCC3CC3)c3c1CCO3)C[C@H]2C(C)C. The Kier molecular flexibility index (Phi) is 4.72. The van der Waals surface area contributed by atoms with Gasteiger partial charge in [-0.15, -0.1) is 0 Å². The van der Waals surface area contributed by atoms with Crippen LogP contribution < -0.4 is 14.9 Å².